The topological polar surface area (TPSA) is 59.0 Å². The number of rotatable bonds is 3. The molecule has 0 radical (unpaired) electrons. The summed E-state index contributed by atoms with van der Waals surface area (Å²) in [5.41, 5.74) is 0.570. The van der Waals surface area contributed by atoms with Crippen molar-refractivity contribution in [2.75, 3.05) is 13.7 Å². The van der Waals surface area contributed by atoms with E-state index in [1.54, 1.807) is 18.2 Å². The van der Waals surface area contributed by atoms with Gasteiger partial charge in [-0.1, -0.05) is 6.07 Å². The summed E-state index contributed by atoms with van der Waals surface area (Å²) in [6.45, 7) is 6.67. The molecule has 0 bridgehead atoms. The lowest BCUT2D eigenvalue weighted by Crippen LogP contribution is -2.36. The standard InChI is InChI=1S/C13H18N2O3S/c1-5-15(9(2)3)13-12-10(18-4)7-6-8-11(12)19(16,17)14-13/h6-9H,5H2,1-4H3. The molecule has 19 heavy (non-hydrogen) atoms. The molecule has 1 aromatic rings. The second-order valence-corrected chi connectivity index (χ2v) is 6.18. The molecule has 0 atom stereocenters. The summed E-state index contributed by atoms with van der Waals surface area (Å²) in [7, 11) is -2.08. The highest BCUT2D eigenvalue weighted by Crippen LogP contribution is 2.34. The fraction of sp³-hybridized carbons (Fsp3) is 0.462. The van der Waals surface area contributed by atoms with Crippen LogP contribution in [-0.4, -0.2) is 38.8 Å². The molecule has 0 saturated heterocycles. The average molecular weight is 282 g/mol. The number of sulfonamides is 1. The summed E-state index contributed by atoms with van der Waals surface area (Å²) >= 11 is 0. The Hall–Kier alpha value is -1.56. The number of methoxy groups -OCH3 is 1. The smallest absolute Gasteiger partial charge is 0.285 e. The van der Waals surface area contributed by atoms with Crippen molar-refractivity contribution in [1.29, 1.82) is 0 Å². The van der Waals surface area contributed by atoms with Crippen molar-refractivity contribution >= 4 is 15.9 Å². The van der Waals surface area contributed by atoms with Gasteiger partial charge in [0.2, 0.25) is 0 Å². The molecule has 1 heterocycles. The molecule has 1 aliphatic rings. The van der Waals surface area contributed by atoms with Crippen molar-refractivity contribution < 1.29 is 13.2 Å². The van der Waals surface area contributed by atoms with Crippen LogP contribution in [0, 0.1) is 0 Å². The van der Waals surface area contributed by atoms with Gasteiger partial charge in [0.05, 0.1) is 12.7 Å². The van der Waals surface area contributed by atoms with Crippen LogP contribution in [-0.2, 0) is 10.0 Å². The molecule has 0 unspecified atom stereocenters. The third kappa shape index (κ3) is 2.20. The maximum atomic E-state index is 12.1. The van der Waals surface area contributed by atoms with Crippen molar-refractivity contribution in [2.24, 2.45) is 4.40 Å². The molecule has 0 spiro atoms. The molecule has 0 N–H and O–H groups in total. The van der Waals surface area contributed by atoms with E-state index in [4.69, 9.17) is 4.74 Å². The van der Waals surface area contributed by atoms with E-state index in [2.05, 4.69) is 4.40 Å². The van der Waals surface area contributed by atoms with Gasteiger partial charge >= 0.3 is 0 Å². The number of ether oxygens (including phenoxy) is 1. The van der Waals surface area contributed by atoms with Crippen molar-refractivity contribution in [2.45, 2.75) is 31.7 Å². The van der Waals surface area contributed by atoms with Crippen LogP contribution in [0.5, 0.6) is 5.75 Å². The molecule has 0 aromatic heterocycles. The van der Waals surface area contributed by atoms with E-state index in [9.17, 15) is 8.42 Å². The van der Waals surface area contributed by atoms with Gasteiger partial charge in [0.25, 0.3) is 10.0 Å². The predicted molar refractivity (Wildman–Crippen MR) is 74.2 cm³/mol. The molecule has 0 saturated carbocycles. The second-order valence-electron chi connectivity index (χ2n) is 4.60. The van der Waals surface area contributed by atoms with Crippen LogP contribution < -0.4 is 4.74 Å². The zero-order valence-corrected chi connectivity index (χ0v) is 12.4. The van der Waals surface area contributed by atoms with Gasteiger partial charge in [-0.05, 0) is 32.9 Å². The highest BCUT2D eigenvalue weighted by Gasteiger charge is 2.34. The number of nitrogens with zero attached hydrogens (tertiary/aromatic N) is 2. The minimum absolute atomic E-state index is 0.162. The maximum Gasteiger partial charge on any atom is 0.285 e. The number of benzene rings is 1. The van der Waals surface area contributed by atoms with Gasteiger partial charge in [0, 0.05) is 12.6 Å². The highest BCUT2D eigenvalue weighted by molar-refractivity contribution is 7.90. The summed E-state index contributed by atoms with van der Waals surface area (Å²) in [6.07, 6.45) is 0. The Balaban J connectivity index is 2.68. The Labute approximate surface area is 114 Å². The van der Waals surface area contributed by atoms with E-state index in [1.807, 2.05) is 25.7 Å². The third-order valence-electron chi connectivity index (χ3n) is 3.15. The average Bonchev–Trinajstić information content (AvgIpc) is 2.62. The monoisotopic (exact) mass is 282 g/mol. The molecule has 2 rings (SSSR count). The Morgan fingerprint density at radius 1 is 1.37 bits per heavy atom. The first-order chi connectivity index (χ1) is 8.92. The minimum Gasteiger partial charge on any atom is -0.496 e. The molecule has 0 fully saturated rings. The summed E-state index contributed by atoms with van der Waals surface area (Å²) in [6, 6.07) is 5.15. The Kier molecular flexibility index (Phi) is 3.54. The van der Waals surface area contributed by atoms with Crippen LogP contribution in [0.4, 0.5) is 0 Å². The van der Waals surface area contributed by atoms with E-state index >= 15 is 0 Å². The SMILES string of the molecule is CCN(C1=NS(=O)(=O)c2cccc(OC)c21)C(C)C. The van der Waals surface area contributed by atoms with E-state index in [0.717, 1.165) is 0 Å². The minimum atomic E-state index is -3.61. The third-order valence-corrected chi connectivity index (χ3v) is 4.46. The zero-order chi connectivity index (χ0) is 14.2. The fourth-order valence-electron chi connectivity index (χ4n) is 2.28. The van der Waals surface area contributed by atoms with Crippen molar-refractivity contribution in [3.05, 3.63) is 23.8 Å². The van der Waals surface area contributed by atoms with Gasteiger partial charge in [-0.15, -0.1) is 4.40 Å². The first-order valence-electron chi connectivity index (χ1n) is 6.21. The van der Waals surface area contributed by atoms with Crippen LogP contribution in [0.2, 0.25) is 0 Å². The summed E-state index contributed by atoms with van der Waals surface area (Å²) < 4.78 is 33.4. The van der Waals surface area contributed by atoms with E-state index in [0.29, 0.717) is 23.7 Å². The van der Waals surface area contributed by atoms with E-state index in [-0.39, 0.29) is 10.9 Å². The van der Waals surface area contributed by atoms with Crippen LogP contribution in [0.1, 0.15) is 26.3 Å². The lowest BCUT2D eigenvalue weighted by Gasteiger charge is -2.27. The maximum absolute atomic E-state index is 12.1. The molecule has 0 aliphatic carbocycles. The van der Waals surface area contributed by atoms with Crippen LogP contribution in [0.3, 0.4) is 0 Å². The predicted octanol–water partition coefficient (Wildman–Crippen LogP) is 1.87. The van der Waals surface area contributed by atoms with Crippen molar-refractivity contribution in [1.82, 2.24) is 4.90 Å². The van der Waals surface area contributed by atoms with Gasteiger partial charge in [-0.25, -0.2) is 0 Å². The van der Waals surface area contributed by atoms with Crippen LogP contribution in [0.15, 0.2) is 27.5 Å². The van der Waals surface area contributed by atoms with Crippen molar-refractivity contribution in [3.8, 4) is 5.75 Å². The Morgan fingerprint density at radius 3 is 2.58 bits per heavy atom. The van der Waals surface area contributed by atoms with Gasteiger partial charge in [0.1, 0.15) is 10.6 Å². The Morgan fingerprint density at radius 2 is 2.05 bits per heavy atom. The molecular weight excluding hydrogens is 264 g/mol. The summed E-state index contributed by atoms with van der Waals surface area (Å²) in [5.74, 6) is 1.02. The lowest BCUT2D eigenvalue weighted by molar-refractivity contribution is 0.364. The molecule has 104 valence electrons. The number of hydrogen-bond donors (Lipinski definition) is 0. The lowest BCUT2D eigenvalue weighted by atomic mass is 10.1. The quantitative estimate of drug-likeness (QED) is 0.849. The van der Waals surface area contributed by atoms with E-state index in [1.165, 1.54) is 7.11 Å². The molecule has 6 heteroatoms. The van der Waals surface area contributed by atoms with Crippen LogP contribution in [0.25, 0.3) is 0 Å². The van der Waals surface area contributed by atoms with Gasteiger partial charge in [-0.2, -0.15) is 8.42 Å². The molecular formula is C13H18N2O3S. The summed E-state index contributed by atoms with van der Waals surface area (Å²) in [5, 5.41) is 0. The number of hydrogen-bond acceptors (Lipinski definition) is 4. The zero-order valence-electron chi connectivity index (χ0n) is 11.5. The summed E-state index contributed by atoms with van der Waals surface area (Å²) in [4.78, 5) is 2.17. The first-order valence-corrected chi connectivity index (χ1v) is 7.65. The van der Waals surface area contributed by atoms with Gasteiger partial charge in [-0.3, -0.25) is 0 Å². The highest BCUT2D eigenvalue weighted by atomic mass is 32.2. The number of fused-ring (bicyclic) bond motifs is 1. The largest absolute Gasteiger partial charge is 0.496 e. The first kappa shape index (κ1) is 13.9. The number of amidine groups is 1. The Bertz CT molecular complexity index is 621. The normalized spacial score (nSPS) is 16.2. The molecule has 1 aliphatic heterocycles. The molecule has 0 amide bonds. The van der Waals surface area contributed by atoms with Crippen molar-refractivity contribution in [3.63, 3.8) is 0 Å². The van der Waals surface area contributed by atoms with Gasteiger partial charge in [0.15, 0.2) is 5.84 Å². The van der Waals surface area contributed by atoms with E-state index < -0.39 is 10.0 Å². The van der Waals surface area contributed by atoms with Crippen LogP contribution >= 0.6 is 0 Å². The van der Waals surface area contributed by atoms with Gasteiger partial charge < -0.3 is 9.64 Å². The molecule has 1 aromatic carbocycles. The second kappa shape index (κ2) is 4.85. The fourth-order valence-corrected chi connectivity index (χ4v) is 3.50. The molecule has 5 nitrogen and oxygen atoms in total.